The fourth-order valence-electron chi connectivity index (χ4n) is 3.67. The highest BCUT2D eigenvalue weighted by Gasteiger charge is 2.13. The van der Waals surface area contributed by atoms with Gasteiger partial charge in [0.25, 0.3) is 0 Å². The molecule has 0 atom stereocenters. The maximum Gasteiger partial charge on any atom is 0.149 e. The Morgan fingerprint density at radius 3 is 1.90 bits per heavy atom. The number of ether oxygens (including phenoxy) is 2. The number of hydrogen-bond donors (Lipinski definition) is 0. The molecule has 0 aliphatic rings. The monoisotopic (exact) mass is 418 g/mol. The van der Waals surface area contributed by atoms with Crippen molar-refractivity contribution in [2.24, 2.45) is 0 Å². The molecule has 2 nitrogen and oxygen atoms in total. The van der Waals surface area contributed by atoms with Crippen molar-refractivity contribution in [1.82, 2.24) is 0 Å². The fourth-order valence-corrected chi connectivity index (χ4v) is 3.88. The Balaban J connectivity index is 1.92. The maximum absolute atomic E-state index is 6.51. The average molecular weight is 419 g/mol. The van der Waals surface area contributed by atoms with Gasteiger partial charge in [0.05, 0.1) is 23.6 Å². The first kappa shape index (κ1) is 23.9. The van der Waals surface area contributed by atoms with E-state index < -0.39 is 0 Å². The SMILES string of the molecule is CCCCCCCCOc1cccc2ccc(Cl)c(OCCCCCCCC)c12. The van der Waals surface area contributed by atoms with Crippen LogP contribution in [0.5, 0.6) is 11.5 Å². The molecule has 0 bridgehead atoms. The minimum absolute atomic E-state index is 0.666. The molecule has 0 N–H and O–H groups in total. The van der Waals surface area contributed by atoms with Crippen LogP contribution in [0.15, 0.2) is 30.3 Å². The first-order chi connectivity index (χ1) is 14.3. The summed E-state index contributed by atoms with van der Waals surface area (Å²) in [5.74, 6) is 1.66. The van der Waals surface area contributed by atoms with Gasteiger partial charge in [-0.3, -0.25) is 0 Å². The molecule has 0 heterocycles. The lowest BCUT2D eigenvalue weighted by atomic mass is 10.1. The third kappa shape index (κ3) is 8.46. The molecule has 0 spiro atoms. The Kier molecular flexibility index (Phi) is 12.0. The molecule has 162 valence electrons. The van der Waals surface area contributed by atoms with E-state index in [2.05, 4.69) is 19.9 Å². The van der Waals surface area contributed by atoms with Crippen molar-refractivity contribution in [2.45, 2.75) is 90.9 Å². The lowest BCUT2D eigenvalue weighted by Gasteiger charge is -2.15. The normalized spacial score (nSPS) is 11.1. The van der Waals surface area contributed by atoms with Crippen molar-refractivity contribution >= 4 is 22.4 Å². The molecule has 2 aromatic rings. The van der Waals surface area contributed by atoms with Crippen LogP contribution in [-0.2, 0) is 0 Å². The third-order valence-corrected chi connectivity index (χ3v) is 5.71. The van der Waals surface area contributed by atoms with Gasteiger partial charge in [0.1, 0.15) is 11.5 Å². The van der Waals surface area contributed by atoms with Crippen molar-refractivity contribution in [1.29, 1.82) is 0 Å². The van der Waals surface area contributed by atoms with Gasteiger partial charge in [-0.05, 0) is 30.4 Å². The van der Waals surface area contributed by atoms with E-state index in [-0.39, 0.29) is 0 Å². The average Bonchev–Trinajstić information content (AvgIpc) is 2.73. The quantitative estimate of drug-likeness (QED) is 0.253. The first-order valence-corrected chi connectivity index (χ1v) is 12.1. The van der Waals surface area contributed by atoms with Crippen LogP contribution in [0.1, 0.15) is 90.9 Å². The standard InChI is InChI=1S/C26H39ClO2/c1-3-5-7-9-11-13-20-28-24-17-15-16-22-18-19-23(27)26(25(22)24)29-21-14-12-10-8-6-4-2/h15-19H,3-14,20-21H2,1-2H3. The Labute approximate surface area is 182 Å². The second kappa shape index (κ2) is 14.6. The van der Waals surface area contributed by atoms with Crippen LogP contribution in [0.4, 0.5) is 0 Å². The second-order valence-corrected chi connectivity index (χ2v) is 8.37. The Bertz CT molecular complexity index is 698. The van der Waals surface area contributed by atoms with E-state index in [1.807, 2.05) is 24.3 Å². The van der Waals surface area contributed by atoms with Crippen LogP contribution in [-0.4, -0.2) is 13.2 Å². The summed E-state index contributed by atoms with van der Waals surface area (Å²) in [5.41, 5.74) is 0. The molecule has 3 heteroatoms. The summed E-state index contributed by atoms with van der Waals surface area (Å²) in [6.07, 6.45) is 15.1. The first-order valence-electron chi connectivity index (χ1n) is 11.7. The predicted octanol–water partition coefficient (Wildman–Crippen LogP) is 8.97. The van der Waals surface area contributed by atoms with Gasteiger partial charge in [-0.15, -0.1) is 0 Å². The predicted molar refractivity (Wildman–Crippen MR) is 127 cm³/mol. The summed E-state index contributed by atoms with van der Waals surface area (Å²) in [6, 6.07) is 10.2. The summed E-state index contributed by atoms with van der Waals surface area (Å²) in [4.78, 5) is 0. The van der Waals surface area contributed by atoms with Crippen LogP contribution in [0.3, 0.4) is 0 Å². The van der Waals surface area contributed by atoms with Gasteiger partial charge in [0.15, 0.2) is 0 Å². The molecular weight excluding hydrogens is 380 g/mol. The Morgan fingerprint density at radius 2 is 1.24 bits per heavy atom. The second-order valence-electron chi connectivity index (χ2n) is 7.96. The Hall–Kier alpha value is -1.41. The minimum atomic E-state index is 0.666. The molecule has 2 aromatic carbocycles. The Morgan fingerprint density at radius 1 is 0.655 bits per heavy atom. The molecule has 0 amide bonds. The van der Waals surface area contributed by atoms with Crippen LogP contribution in [0.2, 0.25) is 5.02 Å². The van der Waals surface area contributed by atoms with Crippen LogP contribution in [0, 0.1) is 0 Å². The van der Waals surface area contributed by atoms with Gasteiger partial charge < -0.3 is 9.47 Å². The van der Waals surface area contributed by atoms with E-state index in [1.54, 1.807) is 0 Å². The van der Waals surface area contributed by atoms with E-state index >= 15 is 0 Å². The van der Waals surface area contributed by atoms with Gasteiger partial charge in [-0.1, -0.05) is 108 Å². The van der Waals surface area contributed by atoms with Gasteiger partial charge in [0, 0.05) is 0 Å². The summed E-state index contributed by atoms with van der Waals surface area (Å²) in [5, 5.41) is 2.80. The van der Waals surface area contributed by atoms with Crippen molar-refractivity contribution in [2.75, 3.05) is 13.2 Å². The van der Waals surface area contributed by atoms with Crippen LogP contribution < -0.4 is 9.47 Å². The number of fused-ring (bicyclic) bond motifs is 1. The largest absolute Gasteiger partial charge is 0.493 e. The van der Waals surface area contributed by atoms with Crippen LogP contribution in [0.25, 0.3) is 10.8 Å². The number of hydrogen-bond acceptors (Lipinski definition) is 2. The minimum Gasteiger partial charge on any atom is -0.493 e. The molecule has 2 rings (SSSR count). The van der Waals surface area contributed by atoms with E-state index in [9.17, 15) is 0 Å². The van der Waals surface area contributed by atoms with Gasteiger partial charge in [-0.2, -0.15) is 0 Å². The van der Waals surface area contributed by atoms with E-state index in [0.717, 1.165) is 41.7 Å². The van der Waals surface area contributed by atoms with E-state index in [1.165, 1.54) is 64.2 Å². The smallest absolute Gasteiger partial charge is 0.149 e. The molecular formula is C26H39ClO2. The number of halogens is 1. The number of unbranched alkanes of at least 4 members (excludes halogenated alkanes) is 10. The lowest BCUT2D eigenvalue weighted by Crippen LogP contribution is -2.02. The summed E-state index contributed by atoms with van der Waals surface area (Å²) < 4.78 is 12.3. The molecule has 0 saturated heterocycles. The molecule has 0 fully saturated rings. The maximum atomic E-state index is 6.51. The van der Waals surface area contributed by atoms with Crippen molar-refractivity contribution in [3.8, 4) is 11.5 Å². The van der Waals surface area contributed by atoms with Crippen LogP contribution >= 0.6 is 11.6 Å². The van der Waals surface area contributed by atoms with Gasteiger partial charge in [-0.25, -0.2) is 0 Å². The number of rotatable bonds is 16. The highest BCUT2D eigenvalue weighted by Crippen LogP contribution is 2.39. The molecule has 0 unspecified atom stereocenters. The zero-order chi connectivity index (χ0) is 20.7. The van der Waals surface area contributed by atoms with E-state index in [0.29, 0.717) is 11.6 Å². The lowest BCUT2D eigenvalue weighted by molar-refractivity contribution is 0.297. The zero-order valence-corrected chi connectivity index (χ0v) is 19.2. The van der Waals surface area contributed by atoms with Crippen molar-refractivity contribution in [3.05, 3.63) is 35.4 Å². The van der Waals surface area contributed by atoms with Gasteiger partial charge >= 0.3 is 0 Å². The van der Waals surface area contributed by atoms with Crippen molar-refractivity contribution < 1.29 is 9.47 Å². The van der Waals surface area contributed by atoms with E-state index in [4.69, 9.17) is 21.1 Å². The molecule has 29 heavy (non-hydrogen) atoms. The zero-order valence-electron chi connectivity index (χ0n) is 18.5. The number of benzene rings is 2. The topological polar surface area (TPSA) is 18.5 Å². The molecule has 0 radical (unpaired) electrons. The highest BCUT2D eigenvalue weighted by molar-refractivity contribution is 6.33. The highest BCUT2D eigenvalue weighted by atomic mass is 35.5. The molecule has 0 aliphatic carbocycles. The molecule has 0 saturated carbocycles. The summed E-state index contributed by atoms with van der Waals surface area (Å²) in [7, 11) is 0. The summed E-state index contributed by atoms with van der Waals surface area (Å²) >= 11 is 6.51. The van der Waals surface area contributed by atoms with Gasteiger partial charge in [0.2, 0.25) is 0 Å². The fraction of sp³-hybridized carbons (Fsp3) is 0.615. The third-order valence-electron chi connectivity index (χ3n) is 5.41. The summed E-state index contributed by atoms with van der Waals surface area (Å²) in [6.45, 7) is 5.95. The van der Waals surface area contributed by atoms with Crippen molar-refractivity contribution in [3.63, 3.8) is 0 Å². The molecule has 0 aliphatic heterocycles. The molecule has 0 aromatic heterocycles.